The van der Waals surface area contributed by atoms with Crippen LogP contribution >= 0.6 is 0 Å². The molecule has 146 valence electrons. The average molecular weight is 379 g/mol. The third-order valence-corrected chi connectivity index (χ3v) is 6.15. The topological polar surface area (TPSA) is 108 Å². The second-order valence-electron chi connectivity index (χ2n) is 7.83. The van der Waals surface area contributed by atoms with E-state index in [-0.39, 0.29) is 18.0 Å². The molecule has 0 aliphatic carbocycles. The van der Waals surface area contributed by atoms with Gasteiger partial charge in [-0.2, -0.15) is 0 Å². The van der Waals surface area contributed by atoms with Crippen LogP contribution in [0.3, 0.4) is 0 Å². The summed E-state index contributed by atoms with van der Waals surface area (Å²) in [6, 6.07) is 10.3. The highest BCUT2D eigenvalue weighted by atomic mass is 16.2. The van der Waals surface area contributed by atoms with E-state index >= 15 is 0 Å². The number of nitrogens with two attached hydrogens (primary N) is 1. The predicted molar refractivity (Wildman–Crippen MR) is 105 cm³/mol. The SMILES string of the molecule is N[C@H]1CCN(c2cccc(C3NNC4CNC(c5cccnc5)CC43)n2)C1=O. The van der Waals surface area contributed by atoms with Crippen LogP contribution in [0.4, 0.5) is 5.82 Å². The quantitative estimate of drug-likeness (QED) is 0.612. The van der Waals surface area contributed by atoms with E-state index in [4.69, 9.17) is 10.7 Å². The molecule has 0 bridgehead atoms. The number of nitrogens with one attached hydrogen (secondary N) is 3. The molecule has 3 aliphatic rings. The van der Waals surface area contributed by atoms with Gasteiger partial charge in [0.05, 0.1) is 17.8 Å². The molecule has 0 saturated carbocycles. The van der Waals surface area contributed by atoms with Crippen molar-refractivity contribution in [3.8, 4) is 0 Å². The molecular weight excluding hydrogens is 354 g/mol. The molecule has 0 aromatic carbocycles. The summed E-state index contributed by atoms with van der Waals surface area (Å²) < 4.78 is 0. The van der Waals surface area contributed by atoms with E-state index in [0.717, 1.165) is 18.7 Å². The smallest absolute Gasteiger partial charge is 0.245 e. The second kappa shape index (κ2) is 7.21. The van der Waals surface area contributed by atoms with Crippen molar-refractivity contribution in [1.29, 1.82) is 0 Å². The van der Waals surface area contributed by atoms with Crippen LogP contribution in [-0.2, 0) is 4.79 Å². The first kappa shape index (κ1) is 17.7. The van der Waals surface area contributed by atoms with Gasteiger partial charge in [-0.3, -0.25) is 20.1 Å². The summed E-state index contributed by atoms with van der Waals surface area (Å²) in [5.74, 6) is 1.04. The molecule has 5 atom stereocenters. The molecular formula is C20H25N7O. The highest BCUT2D eigenvalue weighted by molar-refractivity contribution is 5.98. The fraction of sp³-hybridized carbons (Fsp3) is 0.450. The molecule has 8 nitrogen and oxygen atoms in total. The third-order valence-electron chi connectivity index (χ3n) is 6.15. The minimum absolute atomic E-state index is 0.0430. The second-order valence-corrected chi connectivity index (χ2v) is 7.83. The van der Waals surface area contributed by atoms with Gasteiger partial charge < -0.3 is 11.1 Å². The maximum atomic E-state index is 12.3. The van der Waals surface area contributed by atoms with Crippen LogP contribution in [0.1, 0.15) is 36.2 Å². The highest BCUT2D eigenvalue weighted by Gasteiger charge is 2.42. The number of carbonyl (C=O) groups is 1. The average Bonchev–Trinajstić information content (AvgIpc) is 3.32. The summed E-state index contributed by atoms with van der Waals surface area (Å²) in [7, 11) is 0. The summed E-state index contributed by atoms with van der Waals surface area (Å²) >= 11 is 0. The Kier molecular flexibility index (Phi) is 4.56. The van der Waals surface area contributed by atoms with Crippen LogP contribution in [0.15, 0.2) is 42.7 Å². The number of hydrazine groups is 1. The van der Waals surface area contributed by atoms with Crippen LogP contribution in [0.5, 0.6) is 0 Å². The van der Waals surface area contributed by atoms with Crippen LogP contribution in [0, 0.1) is 5.92 Å². The third kappa shape index (κ3) is 3.08. The fourth-order valence-electron chi connectivity index (χ4n) is 4.59. The van der Waals surface area contributed by atoms with Crippen molar-refractivity contribution < 1.29 is 4.79 Å². The summed E-state index contributed by atoms with van der Waals surface area (Å²) in [5.41, 5.74) is 14.9. The van der Waals surface area contributed by atoms with Gasteiger partial charge in [0.2, 0.25) is 5.91 Å². The minimum Gasteiger partial charge on any atom is -0.320 e. The molecule has 4 unspecified atom stereocenters. The van der Waals surface area contributed by atoms with Gasteiger partial charge in [-0.1, -0.05) is 12.1 Å². The Bertz CT molecular complexity index is 861. The Balaban J connectivity index is 1.38. The molecule has 28 heavy (non-hydrogen) atoms. The number of aromatic nitrogens is 2. The summed E-state index contributed by atoms with van der Waals surface area (Å²) in [4.78, 5) is 23.1. The molecule has 1 amide bonds. The van der Waals surface area contributed by atoms with E-state index in [1.54, 1.807) is 11.1 Å². The van der Waals surface area contributed by atoms with E-state index in [9.17, 15) is 4.79 Å². The number of amides is 1. The van der Waals surface area contributed by atoms with E-state index in [2.05, 4.69) is 27.2 Å². The van der Waals surface area contributed by atoms with Gasteiger partial charge in [-0.25, -0.2) is 10.4 Å². The van der Waals surface area contributed by atoms with Gasteiger partial charge in [-0.15, -0.1) is 0 Å². The van der Waals surface area contributed by atoms with E-state index in [1.807, 2.05) is 30.5 Å². The number of fused-ring (bicyclic) bond motifs is 1. The molecule has 2 aromatic heterocycles. The number of anilines is 1. The lowest BCUT2D eigenvalue weighted by atomic mass is 9.81. The van der Waals surface area contributed by atoms with Gasteiger partial charge in [0.1, 0.15) is 5.82 Å². The molecule has 0 radical (unpaired) electrons. The maximum absolute atomic E-state index is 12.3. The Morgan fingerprint density at radius 1 is 1.18 bits per heavy atom. The van der Waals surface area contributed by atoms with Crippen molar-refractivity contribution in [2.24, 2.45) is 11.7 Å². The van der Waals surface area contributed by atoms with Crippen LogP contribution < -0.4 is 26.8 Å². The number of pyridine rings is 2. The van der Waals surface area contributed by atoms with Crippen molar-refractivity contribution in [2.75, 3.05) is 18.0 Å². The summed E-state index contributed by atoms with van der Waals surface area (Å²) in [5, 5.41) is 3.62. The van der Waals surface area contributed by atoms with Gasteiger partial charge in [-0.05, 0) is 36.6 Å². The number of piperidine rings is 1. The summed E-state index contributed by atoms with van der Waals surface area (Å²) in [6.45, 7) is 1.51. The van der Waals surface area contributed by atoms with Crippen molar-refractivity contribution in [2.45, 2.75) is 37.0 Å². The fourth-order valence-corrected chi connectivity index (χ4v) is 4.59. The molecule has 3 saturated heterocycles. The van der Waals surface area contributed by atoms with Crippen molar-refractivity contribution in [3.05, 3.63) is 54.0 Å². The van der Waals surface area contributed by atoms with E-state index in [0.29, 0.717) is 30.7 Å². The van der Waals surface area contributed by atoms with Crippen LogP contribution in [0.2, 0.25) is 0 Å². The normalized spacial score (nSPS) is 32.5. The lowest BCUT2D eigenvalue weighted by molar-refractivity contribution is -0.118. The molecule has 5 N–H and O–H groups in total. The van der Waals surface area contributed by atoms with Gasteiger partial charge in [0.25, 0.3) is 0 Å². The standard InChI is InChI=1S/C20H25N7O/c21-14-6-8-27(20(14)28)18-5-1-4-15(24-18)19-13-9-16(12-3-2-7-22-10-12)23-11-17(13)25-26-19/h1-5,7,10,13-14,16-17,19,23,25-26H,6,8-9,11,21H2/t13?,14-,16?,17?,19?/m0/s1. The summed E-state index contributed by atoms with van der Waals surface area (Å²) in [6.07, 6.45) is 5.40. The Morgan fingerprint density at radius 2 is 2.11 bits per heavy atom. The largest absolute Gasteiger partial charge is 0.320 e. The van der Waals surface area contributed by atoms with E-state index in [1.165, 1.54) is 5.56 Å². The number of nitrogens with zero attached hydrogens (tertiary/aromatic N) is 3. The lowest BCUT2D eigenvalue weighted by Gasteiger charge is -2.34. The first-order chi connectivity index (χ1) is 13.7. The predicted octanol–water partition coefficient (Wildman–Crippen LogP) is 0.409. The van der Waals surface area contributed by atoms with Crippen molar-refractivity contribution in [3.63, 3.8) is 0 Å². The van der Waals surface area contributed by atoms with E-state index < -0.39 is 6.04 Å². The minimum atomic E-state index is -0.411. The number of hydrogen-bond acceptors (Lipinski definition) is 7. The number of hydrogen-bond donors (Lipinski definition) is 4. The molecule has 2 aromatic rings. The van der Waals surface area contributed by atoms with Crippen molar-refractivity contribution >= 4 is 11.7 Å². The van der Waals surface area contributed by atoms with Gasteiger partial charge in [0.15, 0.2) is 0 Å². The molecule has 3 aliphatic heterocycles. The van der Waals surface area contributed by atoms with Crippen LogP contribution in [0.25, 0.3) is 0 Å². The lowest BCUT2D eigenvalue weighted by Crippen LogP contribution is -2.46. The molecule has 5 heterocycles. The first-order valence-corrected chi connectivity index (χ1v) is 9.89. The number of rotatable bonds is 3. The number of carbonyl (C=O) groups excluding carboxylic acids is 1. The Morgan fingerprint density at radius 3 is 2.89 bits per heavy atom. The monoisotopic (exact) mass is 379 g/mol. The Hall–Kier alpha value is -2.39. The molecule has 8 heteroatoms. The zero-order valence-electron chi connectivity index (χ0n) is 15.6. The molecule has 0 spiro atoms. The zero-order chi connectivity index (χ0) is 19.1. The van der Waals surface area contributed by atoms with Crippen LogP contribution in [-0.4, -0.2) is 41.0 Å². The van der Waals surface area contributed by atoms with Crippen molar-refractivity contribution in [1.82, 2.24) is 26.1 Å². The molecule has 3 fully saturated rings. The maximum Gasteiger partial charge on any atom is 0.245 e. The zero-order valence-corrected chi connectivity index (χ0v) is 15.6. The molecule has 5 rings (SSSR count). The van der Waals surface area contributed by atoms with Gasteiger partial charge >= 0.3 is 0 Å². The van der Waals surface area contributed by atoms with Gasteiger partial charge in [0, 0.05) is 43.5 Å². The first-order valence-electron chi connectivity index (χ1n) is 9.89. The Labute approximate surface area is 163 Å². The highest BCUT2D eigenvalue weighted by Crippen LogP contribution is 2.38.